The minimum atomic E-state index is -1.83. The van der Waals surface area contributed by atoms with E-state index in [9.17, 15) is 9.59 Å². The molecule has 7 nitrogen and oxygen atoms in total. The third-order valence-corrected chi connectivity index (χ3v) is 2.36. The summed E-state index contributed by atoms with van der Waals surface area (Å²) in [5.41, 5.74) is 0. The molecule has 0 bridgehead atoms. The van der Waals surface area contributed by atoms with Gasteiger partial charge in [0.2, 0.25) is 0 Å². The molecule has 0 unspecified atom stereocenters. The maximum absolute atomic E-state index is 9.98. The van der Waals surface area contributed by atoms with E-state index < -0.39 is 37.5 Å². The predicted octanol–water partition coefficient (Wildman–Crippen LogP) is -2.59. The molecule has 4 N–H and O–H groups in total. The molecule has 1 aliphatic rings. The van der Waals surface area contributed by atoms with Gasteiger partial charge in [-0.2, -0.15) is 0 Å². The molecule has 0 aromatic rings. The van der Waals surface area contributed by atoms with Crippen LogP contribution in [0.2, 0.25) is 0 Å². The summed E-state index contributed by atoms with van der Waals surface area (Å²) in [7, 11) is 0. The van der Waals surface area contributed by atoms with Crippen LogP contribution in [0.3, 0.4) is 0 Å². The van der Waals surface area contributed by atoms with Gasteiger partial charge in [-0.05, 0) is 0 Å². The number of ether oxygens (including phenoxy) is 1. The molecule has 0 aromatic heterocycles. The molecule has 0 amide bonds. The van der Waals surface area contributed by atoms with Gasteiger partial charge in [0.1, 0.15) is 0 Å². The second-order valence-corrected chi connectivity index (χ2v) is 3.12. The van der Waals surface area contributed by atoms with Gasteiger partial charge in [0.15, 0.2) is 0 Å². The van der Waals surface area contributed by atoms with Crippen molar-refractivity contribution < 1.29 is 30.7 Å². The molecule has 1 fully saturated rings. The fourth-order valence-corrected chi connectivity index (χ4v) is 1.21. The summed E-state index contributed by atoms with van der Waals surface area (Å²) in [5.74, 6) is 0. The van der Waals surface area contributed by atoms with Gasteiger partial charge in [0.05, 0.1) is 0 Å². The monoisotopic (exact) mass is 764 g/mol. The molecule has 8 radical (unpaired) electrons. The smallest absolute Gasteiger partial charge is 0 e. The number of carbonyl (C=O) groups is 2. The first-order valence-corrected chi connectivity index (χ1v) is 4.81. The molecule has 0 atom stereocenters. The van der Waals surface area contributed by atoms with Crippen molar-refractivity contribution in [2.24, 2.45) is 0 Å². The Balaban J connectivity index is -0.0000000800. The zero-order valence-corrected chi connectivity index (χ0v) is 17.2. The van der Waals surface area contributed by atoms with Gasteiger partial charge in [-0.3, -0.25) is 0 Å². The quantitative estimate of drug-likeness (QED) is 0.153. The second kappa shape index (κ2) is 12.4. The molecule has 0 aromatic carbocycles. The maximum Gasteiger partial charge on any atom is 2.00 e. The average Bonchev–Trinajstić information content (AvgIpc) is 1.64. The Morgan fingerprint density at radius 2 is 1.33 bits per heavy atom. The van der Waals surface area contributed by atoms with Crippen molar-refractivity contribution in [3.05, 3.63) is 0 Å². The van der Waals surface area contributed by atoms with E-state index in [1.165, 1.54) is 0 Å². The molecule has 1 saturated heterocycles. The average molecular weight is 762 g/mol. The van der Waals surface area contributed by atoms with E-state index in [-0.39, 0.29) is 65.5 Å². The van der Waals surface area contributed by atoms with Crippen molar-refractivity contribution in [3.63, 3.8) is 0 Å². The van der Waals surface area contributed by atoms with Crippen LogP contribution in [0.5, 0.6) is 0 Å². The number of hydrogen-bond donors (Lipinski definition) is 0. The number of hydrogen-bond acceptors (Lipinski definition) is 5. The molecule has 0 spiro atoms. The van der Waals surface area contributed by atoms with E-state index in [0.29, 0.717) is 0 Å². The number of cyclic esters (lactones) is 2. The summed E-state index contributed by atoms with van der Waals surface area (Å²) < 4.78 is 12.3. The SMILES string of the molecule is O.O.O=C1[O][Pb][O]C(=O)O1.[Pb+2].[Pb]. The van der Waals surface area contributed by atoms with Gasteiger partial charge in [-0.1, -0.05) is 0 Å². The van der Waals surface area contributed by atoms with Gasteiger partial charge < -0.3 is 11.0 Å². The Morgan fingerprint density at radius 3 is 1.50 bits per heavy atom. The Kier molecular flexibility index (Phi) is 24.2. The summed E-state index contributed by atoms with van der Waals surface area (Å²) >= 11 is -1.83. The van der Waals surface area contributed by atoms with Gasteiger partial charge >= 0.3 is 84.5 Å². The first-order chi connectivity index (χ1) is 3.79. The largest absolute Gasteiger partial charge is 2.00 e. The summed E-state index contributed by atoms with van der Waals surface area (Å²) in [6, 6.07) is 0. The predicted molar refractivity (Wildman–Crippen MR) is 38.5 cm³/mol. The maximum atomic E-state index is 9.98. The summed E-state index contributed by atoms with van der Waals surface area (Å²) in [5, 5.41) is 0. The van der Waals surface area contributed by atoms with E-state index in [0.717, 1.165) is 0 Å². The van der Waals surface area contributed by atoms with Crippen LogP contribution < -0.4 is 0 Å². The van der Waals surface area contributed by atoms with E-state index in [1.807, 2.05) is 0 Å². The third-order valence-electron chi connectivity index (χ3n) is 0.417. The molecule has 10 heteroatoms. The van der Waals surface area contributed by atoms with Crippen molar-refractivity contribution in [2.45, 2.75) is 0 Å². The minimum Gasteiger partial charge on any atom is 0 e. The van der Waals surface area contributed by atoms with Crippen LogP contribution in [0.1, 0.15) is 0 Å². The van der Waals surface area contributed by atoms with E-state index in [2.05, 4.69) is 10.1 Å². The fourth-order valence-electron chi connectivity index (χ4n) is 0.199. The molecule has 64 valence electrons. The Labute approximate surface area is 121 Å². The first-order valence-electron chi connectivity index (χ1n) is 1.63. The van der Waals surface area contributed by atoms with E-state index >= 15 is 0 Å². The standard InChI is InChI=1S/C2H2O5.2H2O.3Pb/c3-1(4)7-2(5)6;;;;;/h(H,3,4)(H,5,6);2*1H2;;;/q;;;;2*+2/p-2. The van der Waals surface area contributed by atoms with Crippen LogP contribution in [-0.2, 0) is 10.1 Å². The van der Waals surface area contributed by atoms with E-state index in [4.69, 9.17) is 0 Å². The van der Waals surface area contributed by atoms with Crippen LogP contribution >= 0.6 is 0 Å². The molecule has 0 aliphatic carbocycles. The molecule has 1 rings (SSSR count). The van der Waals surface area contributed by atoms with Crippen LogP contribution in [0.25, 0.3) is 0 Å². The zero-order chi connectivity index (χ0) is 5.98. The van der Waals surface area contributed by atoms with Gasteiger partial charge in [-0.25, -0.2) is 0 Å². The third kappa shape index (κ3) is 9.51. The Morgan fingerprint density at radius 1 is 1.00 bits per heavy atom. The molecule has 12 heavy (non-hydrogen) atoms. The van der Waals surface area contributed by atoms with Crippen LogP contribution in [0, 0.1) is 0 Å². The summed E-state index contributed by atoms with van der Waals surface area (Å²) in [4.78, 5) is 20.0. The van der Waals surface area contributed by atoms with Gasteiger partial charge in [0, 0.05) is 27.3 Å². The zero-order valence-electron chi connectivity index (χ0n) is 5.54. The van der Waals surface area contributed by atoms with Crippen molar-refractivity contribution in [3.8, 4) is 0 Å². The van der Waals surface area contributed by atoms with Crippen molar-refractivity contribution in [1.29, 1.82) is 0 Å². The topological polar surface area (TPSA) is 125 Å². The van der Waals surface area contributed by atoms with Crippen LogP contribution in [0.4, 0.5) is 9.59 Å². The Bertz CT molecular complexity index is 123. The van der Waals surface area contributed by atoms with Crippen molar-refractivity contribution >= 4 is 92.0 Å². The van der Waals surface area contributed by atoms with Crippen molar-refractivity contribution in [2.75, 3.05) is 0 Å². The molecule has 1 aliphatic heterocycles. The Hall–Kier alpha value is 1.43. The number of carbonyl (C=O) groups excluding carboxylic acids is 2. The minimum absolute atomic E-state index is 0. The molecular formula is C2H4O7Pb3+2. The summed E-state index contributed by atoms with van der Waals surface area (Å²) in [6.45, 7) is 0. The second-order valence-electron chi connectivity index (χ2n) is 0.890. The number of rotatable bonds is 0. The molecular weight excluding hydrogens is 758 g/mol. The summed E-state index contributed by atoms with van der Waals surface area (Å²) in [6.07, 6.45) is -1.85. The van der Waals surface area contributed by atoms with Gasteiger partial charge in [-0.15, -0.1) is 0 Å². The van der Waals surface area contributed by atoms with Crippen molar-refractivity contribution in [1.82, 2.24) is 0 Å². The first kappa shape index (κ1) is 23.3. The molecule has 1 heterocycles. The van der Waals surface area contributed by atoms with Crippen LogP contribution in [-0.4, -0.2) is 103 Å². The molecule has 0 saturated carbocycles. The van der Waals surface area contributed by atoms with Gasteiger partial charge in [0.25, 0.3) is 0 Å². The fraction of sp³-hybridized carbons (Fsp3) is 0. The normalized spacial score (nSPS) is 12.3. The van der Waals surface area contributed by atoms with E-state index in [1.54, 1.807) is 0 Å². The van der Waals surface area contributed by atoms with Crippen LogP contribution in [0.15, 0.2) is 0 Å².